The van der Waals surface area contributed by atoms with Crippen molar-refractivity contribution in [2.24, 2.45) is 17.6 Å². The molecule has 2 aromatic rings. The summed E-state index contributed by atoms with van der Waals surface area (Å²) in [5, 5.41) is 10.5. The van der Waals surface area contributed by atoms with Crippen LogP contribution in [-0.4, -0.2) is 40.1 Å². The summed E-state index contributed by atoms with van der Waals surface area (Å²) in [7, 11) is 0. The third-order valence-corrected chi connectivity index (χ3v) is 5.81. The summed E-state index contributed by atoms with van der Waals surface area (Å²) in [4.78, 5) is 37.7. The number of nitriles is 1. The van der Waals surface area contributed by atoms with E-state index in [1.807, 2.05) is 6.07 Å². The number of benzene rings is 1. The zero-order valence-electron chi connectivity index (χ0n) is 17.2. The van der Waals surface area contributed by atoms with E-state index >= 15 is 0 Å². The molecule has 32 heavy (non-hydrogen) atoms. The molecule has 2 aliphatic rings. The molecule has 1 aromatic heterocycles. The van der Waals surface area contributed by atoms with E-state index in [-0.39, 0.29) is 34.9 Å². The van der Waals surface area contributed by atoms with Gasteiger partial charge in [-0.15, -0.1) is 0 Å². The zero-order valence-corrected chi connectivity index (χ0v) is 17.2. The van der Waals surface area contributed by atoms with Crippen molar-refractivity contribution in [2.45, 2.75) is 31.7 Å². The highest BCUT2D eigenvalue weighted by atomic mass is 19.1. The first-order chi connectivity index (χ1) is 15.4. The molecule has 2 fully saturated rings. The molecular formula is C22H22FN5O4. The Kier molecular flexibility index (Phi) is 6.28. The van der Waals surface area contributed by atoms with Gasteiger partial charge in [-0.05, 0) is 48.9 Å². The van der Waals surface area contributed by atoms with Gasteiger partial charge in [-0.25, -0.2) is 19.4 Å². The Morgan fingerprint density at radius 1 is 1.25 bits per heavy atom. The third kappa shape index (κ3) is 4.68. The molecule has 10 heteroatoms. The average molecular weight is 439 g/mol. The second-order valence-electron chi connectivity index (χ2n) is 7.98. The summed E-state index contributed by atoms with van der Waals surface area (Å²) < 4.78 is 19.6. The van der Waals surface area contributed by atoms with Crippen molar-refractivity contribution in [3.8, 4) is 11.9 Å². The minimum Gasteiger partial charge on any atom is -0.477 e. The molecule has 1 aromatic carbocycles. The highest BCUT2D eigenvalue weighted by Gasteiger charge is 2.39. The van der Waals surface area contributed by atoms with E-state index in [9.17, 15) is 14.0 Å². The highest BCUT2D eigenvalue weighted by molar-refractivity contribution is 5.90. The number of amides is 2. The number of ether oxygens (including phenoxy) is 1. The molecule has 2 amide bonds. The van der Waals surface area contributed by atoms with Crippen LogP contribution >= 0.6 is 0 Å². The van der Waals surface area contributed by atoms with Crippen LogP contribution < -0.4 is 10.5 Å². The topological polar surface area (TPSA) is 131 Å². The number of halogens is 1. The Morgan fingerprint density at radius 3 is 2.88 bits per heavy atom. The number of hydroxylamine groups is 2. The van der Waals surface area contributed by atoms with Gasteiger partial charge < -0.3 is 10.5 Å². The smallest absolute Gasteiger partial charge is 0.267 e. The Labute approximate surface area is 183 Å². The number of aromatic nitrogens is 2. The molecule has 0 spiro atoms. The van der Waals surface area contributed by atoms with Crippen LogP contribution in [0.15, 0.2) is 30.6 Å². The van der Waals surface area contributed by atoms with E-state index in [2.05, 4.69) is 9.97 Å². The van der Waals surface area contributed by atoms with Gasteiger partial charge in [0, 0.05) is 18.4 Å². The number of nitrogens with two attached hydrogens (primary N) is 1. The number of carbonyl (C=O) groups excluding carboxylic acids is 2. The van der Waals surface area contributed by atoms with E-state index in [0.29, 0.717) is 38.0 Å². The summed E-state index contributed by atoms with van der Waals surface area (Å²) in [5.41, 5.74) is 6.05. The van der Waals surface area contributed by atoms with Crippen molar-refractivity contribution in [1.29, 1.82) is 5.26 Å². The molecule has 166 valence electrons. The van der Waals surface area contributed by atoms with Crippen molar-refractivity contribution in [3.63, 3.8) is 0 Å². The van der Waals surface area contributed by atoms with Crippen LogP contribution in [-0.2, 0) is 9.63 Å². The molecule has 3 atom stereocenters. The number of rotatable bonds is 6. The van der Waals surface area contributed by atoms with E-state index in [1.165, 1.54) is 23.5 Å². The molecular weight excluding hydrogens is 417 g/mol. The summed E-state index contributed by atoms with van der Waals surface area (Å²) in [6.07, 6.45) is 3.84. The standard InChI is InChI=1S/C22H22FN5O4/c23-17-7-14(10-24)6-16(8-17)19-3-4-32-28(19)22(30)15-2-1-13(5-15)11-31-20-9-18(21(25)29)26-12-27-20/h6-9,12-13,15,19H,1-5,11H2,(H2,25,29). The molecule has 1 aliphatic heterocycles. The Morgan fingerprint density at radius 2 is 2.09 bits per heavy atom. The number of hydrogen-bond donors (Lipinski definition) is 1. The lowest BCUT2D eigenvalue weighted by molar-refractivity contribution is -0.181. The van der Waals surface area contributed by atoms with Crippen LogP contribution in [0.25, 0.3) is 0 Å². The highest BCUT2D eigenvalue weighted by Crippen LogP contribution is 2.38. The maximum Gasteiger partial charge on any atom is 0.267 e. The predicted molar refractivity (Wildman–Crippen MR) is 108 cm³/mol. The molecule has 1 aliphatic carbocycles. The van der Waals surface area contributed by atoms with Crippen LogP contribution in [0.1, 0.15) is 53.3 Å². The SMILES string of the molecule is N#Cc1cc(F)cc(C2CCON2C(=O)C2CCC(COc3cc(C(N)=O)ncn3)C2)c1. The molecule has 1 saturated carbocycles. The maximum atomic E-state index is 13.9. The second kappa shape index (κ2) is 9.28. The van der Waals surface area contributed by atoms with Gasteiger partial charge in [-0.2, -0.15) is 5.26 Å². The monoisotopic (exact) mass is 439 g/mol. The van der Waals surface area contributed by atoms with E-state index in [0.717, 1.165) is 12.5 Å². The molecule has 0 bridgehead atoms. The van der Waals surface area contributed by atoms with Crippen molar-refractivity contribution in [2.75, 3.05) is 13.2 Å². The zero-order chi connectivity index (χ0) is 22.7. The molecule has 0 radical (unpaired) electrons. The van der Waals surface area contributed by atoms with Crippen LogP contribution in [0.4, 0.5) is 4.39 Å². The van der Waals surface area contributed by atoms with Crippen molar-refractivity contribution in [3.05, 3.63) is 53.2 Å². The lowest BCUT2D eigenvalue weighted by Crippen LogP contribution is -2.34. The number of nitrogens with zero attached hydrogens (tertiary/aromatic N) is 4. The van der Waals surface area contributed by atoms with E-state index in [4.69, 9.17) is 20.6 Å². The molecule has 4 rings (SSSR count). The van der Waals surface area contributed by atoms with E-state index < -0.39 is 17.8 Å². The van der Waals surface area contributed by atoms with Gasteiger partial charge in [0.2, 0.25) is 11.8 Å². The van der Waals surface area contributed by atoms with Gasteiger partial charge >= 0.3 is 0 Å². The predicted octanol–water partition coefficient (Wildman–Crippen LogP) is 2.29. The molecule has 2 heterocycles. The third-order valence-electron chi connectivity index (χ3n) is 5.81. The van der Waals surface area contributed by atoms with Crippen LogP contribution in [0.5, 0.6) is 5.88 Å². The van der Waals surface area contributed by atoms with Gasteiger partial charge in [-0.1, -0.05) is 0 Å². The summed E-state index contributed by atoms with van der Waals surface area (Å²) in [6.45, 7) is 0.697. The second-order valence-corrected chi connectivity index (χ2v) is 7.98. The summed E-state index contributed by atoms with van der Waals surface area (Å²) in [6, 6.07) is 7.00. The minimum absolute atomic E-state index is 0.0728. The molecule has 3 unspecified atom stereocenters. The largest absolute Gasteiger partial charge is 0.477 e. The first kappa shape index (κ1) is 21.6. The normalized spacial score (nSPS) is 22.5. The lowest BCUT2D eigenvalue weighted by atomic mass is 9.99. The summed E-state index contributed by atoms with van der Waals surface area (Å²) >= 11 is 0. The van der Waals surface area contributed by atoms with E-state index in [1.54, 1.807) is 6.07 Å². The van der Waals surface area contributed by atoms with Gasteiger partial charge in [-0.3, -0.25) is 14.4 Å². The molecule has 9 nitrogen and oxygen atoms in total. The van der Waals surface area contributed by atoms with Crippen molar-refractivity contribution in [1.82, 2.24) is 15.0 Å². The average Bonchev–Trinajstić information content (AvgIpc) is 3.47. The van der Waals surface area contributed by atoms with Crippen LogP contribution in [0.3, 0.4) is 0 Å². The lowest BCUT2D eigenvalue weighted by Gasteiger charge is -2.26. The number of hydrogen-bond acceptors (Lipinski definition) is 7. The van der Waals surface area contributed by atoms with Crippen molar-refractivity contribution >= 4 is 11.8 Å². The van der Waals surface area contributed by atoms with Crippen LogP contribution in [0, 0.1) is 29.0 Å². The first-order valence-corrected chi connectivity index (χ1v) is 10.4. The molecule has 1 saturated heterocycles. The molecule has 2 N–H and O–H groups in total. The van der Waals surface area contributed by atoms with Gasteiger partial charge in [0.25, 0.3) is 5.91 Å². The fraction of sp³-hybridized carbons (Fsp3) is 0.409. The number of carbonyl (C=O) groups is 2. The minimum atomic E-state index is -0.663. The van der Waals surface area contributed by atoms with Gasteiger partial charge in [0.15, 0.2) is 0 Å². The fourth-order valence-corrected chi connectivity index (χ4v) is 4.25. The first-order valence-electron chi connectivity index (χ1n) is 10.4. The van der Waals surface area contributed by atoms with Gasteiger partial charge in [0.1, 0.15) is 17.8 Å². The Hall–Kier alpha value is -3.58. The van der Waals surface area contributed by atoms with Crippen LogP contribution in [0.2, 0.25) is 0 Å². The maximum absolute atomic E-state index is 13.9. The van der Waals surface area contributed by atoms with Gasteiger partial charge in [0.05, 0.1) is 30.9 Å². The fourth-order valence-electron chi connectivity index (χ4n) is 4.25. The van der Waals surface area contributed by atoms with Crippen molar-refractivity contribution < 1.29 is 23.6 Å². The summed E-state index contributed by atoms with van der Waals surface area (Å²) in [5.74, 6) is -1.16. The number of primary amides is 1. The Balaban J connectivity index is 1.37. The quantitative estimate of drug-likeness (QED) is 0.730. The Bertz CT molecular complexity index is 1070.